The molecule has 1 N–H and O–H groups in total. The molecule has 10 heteroatoms. The van der Waals surface area contributed by atoms with Crippen molar-refractivity contribution in [3.05, 3.63) is 81.6 Å². The summed E-state index contributed by atoms with van der Waals surface area (Å²) in [4.78, 5) is 38.1. The molecule has 0 spiro atoms. The van der Waals surface area contributed by atoms with Crippen LogP contribution in [0, 0.1) is 6.92 Å². The number of ether oxygens (including phenoxy) is 1. The van der Waals surface area contributed by atoms with Gasteiger partial charge in [-0.3, -0.25) is 14.1 Å². The molecular weight excluding hydrogens is 460 g/mol. The Morgan fingerprint density at radius 3 is 2.83 bits per heavy atom. The van der Waals surface area contributed by atoms with Crippen LogP contribution < -0.4 is 16.2 Å². The normalized spacial score (nSPS) is 15.7. The quantitative estimate of drug-likeness (QED) is 0.339. The molecular formula is C26H28N6O4. The molecule has 1 aliphatic heterocycles. The first-order chi connectivity index (χ1) is 17.4. The molecule has 1 fully saturated rings. The van der Waals surface area contributed by atoms with Gasteiger partial charge in [0.15, 0.2) is 11.2 Å². The maximum atomic E-state index is 12.5. The molecule has 0 bridgehead atoms. The maximum Gasteiger partial charge on any atom is 0.419 e. The van der Waals surface area contributed by atoms with Crippen LogP contribution in [0.4, 0.5) is 0 Å². The van der Waals surface area contributed by atoms with Crippen molar-refractivity contribution in [2.24, 2.45) is 12.0 Å². The Morgan fingerprint density at radius 2 is 2.08 bits per heavy atom. The fourth-order valence-electron chi connectivity index (χ4n) is 4.91. The van der Waals surface area contributed by atoms with Gasteiger partial charge >= 0.3 is 11.4 Å². The number of benzene rings is 1. The van der Waals surface area contributed by atoms with Crippen LogP contribution in [0.25, 0.3) is 22.3 Å². The number of oxazole rings is 1. The van der Waals surface area contributed by atoms with Crippen molar-refractivity contribution in [3.63, 3.8) is 0 Å². The molecule has 4 heterocycles. The minimum Gasteiger partial charge on any atom is -0.439 e. The predicted molar refractivity (Wildman–Crippen MR) is 138 cm³/mol. The maximum absolute atomic E-state index is 12.5. The number of allylic oxidation sites excluding steroid dienone is 1. The second-order valence-electron chi connectivity index (χ2n) is 8.94. The van der Waals surface area contributed by atoms with E-state index in [1.807, 2.05) is 42.7 Å². The number of likely N-dealkylation sites (tertiary alicyclic amines) is 1. The zero-order chi connectivity index (χ0) is 25.4. The Kier molecular flexibility index (Phi) is 6.09. The number of piperidine rings is 1. The number of imidazole rings is 1. The van der Waals surface area contributed by atoms with Gasteiger partial charge in [-0.2, -0.15) is 0 Å². The predicted octanol–water partition coefficient (Wildman–Crippen LogP) is 3.64. The summed E-state index contributed by atoms with van der Waals surface area (Å²) in [5.41, 5.74) is 4.38. The van der Waals surface area contributed by atoms with Crippen LogP contribution in [-0.2, 0) is 7.05 Å². The number of aromatic nitrogens is 4. The Morgan fingerprint density at radius 1 is 1.31 bits per heavy atom. The highest BCUT2D eigenvalue weighted by molar-refractivity contribution is 5.91. The standard InChI is InChI=1S/C26H28N6O4/c1-5-27-22(35-19-13-16(2)23-21(15-19)36-26(34)30(23)4)14-17(3)31-11-8-18(9-12-31)32-20-7-6-10-28-24(20)29-25(32)33/h5-7,10,13-15,18H,1,8-9,11-12H2,2-4H3,(H,28,29,33)/b17-14+,27-22?. The highest BCUT2D eigenvalue weighted by atomic mass is 16.5. The summed E-state index contributed by atoms with van der Waals surface area (Å²) in [6.07, 6.45) is 6.62. The van der Waals surface area contributed by atoms with Crippen molar-refractivity contribution in [2.45, 2.75) is 32.7 Å². The molecule has 1 saturated heterocycles. The van der Waals surface area contributed by atoms with Gasteiger partial charge in [-0.05, 0) is 50.5 Å². The number of hydrogen-bond donors (Lipinski definition) is 1. The average Bonchev–Trinajstić information content (AvgIpc) is 3.34. The number of rotatable bonds is 5. The van der Waals surface area contributed by atoms with Crippen LogP contribution >= 0.6 is 0 Å². The van der Waals surface area contributed by atoms with Gasteiger partial charge in [0.05, 0.1) is 11.0 Å². The molecule has 186 valence electrons. The van der Waals surface area contributed by atoms with E-state index in [9.17, 15) is 9.59 Å². The second kappa shape index (κ2) is 9.37. The molecule has 1 aromatic carbocycles. The summed E-state index contributed by atoms with van der Waals surface area (Å²) in [5, 5.41) is 0. The highest BCUT2D eigenvalue weighted by Crippen LogP contribution is 2.27. The van der Waals surface area contributed by atoms with E-state index in [0.29, 0.717) is 22.9 Å². The highest BCUT2D eigenvalue weighted by Gasteiger charge is 2.24. The Labute approximate surface area is 206 Å². The van der Waals surface area contributed by atoms with Crippen molar-refractivity contribution in [3.8, 4) is 5.75 Å². The molecule has 0 aliphatic carbocycles. The molecule has 1 aliphatic rings. The number of hydrogen-bond acceptors (Lipinski definition) is 7. The number of aryl methyl sites for hydroxylation is 2. The van der Waals surface area contributed by atoms with E-state index < -0.39 is 5.76 Å². The first-order valence-electron chi connectivity index (χ1n) is 11.8. The minimum absolute atomic E-state index is 0.104. The van der Waals surface area contributed by atoms with Gasteiger partial charge in [-0.1, -0.05) is 6.58 Å². The molecule has 10 nitrogen and oxygen atoms in total. The average molecular weight is 489 g/mol. The molecule has 4 aromatic rings. The third-order valence-corrected chi connectivity index (χ3v) is 6.64. The van der Waals surface area contributed by atoms with E-state index in [0.717, 1.165) is 48.2 Å². The van der Waals surface area contributed by atoms with E-state index in [1.54, 1.807) is 19.3 Å². The minimum atomic E-state index is -0.421. The van der Waals surface area contributed by atoms with Crippen molar-refractivity contribution in [1.29, 1.82) is 0 Å². The molecule has 5 rings (SSSR count). The summed E-state index contributed by atoms with van der Waals surface area (Å²) in [6, 6.07) is 7.40. The number of aromatic amines is 1. The van der Waals surface area contributed by atoms with Crippen LogP contribution in [0.15, 0.2) is 74.0 Å². The van der Waals surface area contributed by atoms with Crippen LogP contribution in [0.5, 0.6) is 5.75 Å². The third kappa shape index (κ3) is 4.26. The molecule has 0 amide bonds. The van der Waals surface area contributed by atoms with Gasteiger partial charge in [-0.15, -0.1) is 0 Å². The lowest BCUT2D eigenvalue weighted by atomic mass is 10.0. The second-order valence-corrected chi connectivity index (χ2v) is 8.94. The Bertz CT molecular complexity index is 1630. The molecule has 36 heavy (non-hydrogen) atoms. The van der Waals surface area contributed by atoms with Crippen molar-refractivity contribution >= 4 is 28.2 Å². The van der Waals surface area contributed by atoms with Gasteiger partial charge in [0.25, 0.3) is 0 Å². The van der Waals surface area contributed by atoms with Crippen LogP contribution in [0.3, 0.4) is 0 Å². The molecule has 0 radical (unpaired) electrons. The number of pyridine rings is 1. The number of H-pyrrole nitrogens is 1. The molecule has 0 unspecified atom stereocenters. The summed E-state index contributed by atoms with van der Waals surface area (Å²) < 4.78 is 14.7. The number of nitrogens with one attached hydrogen (secondary N) is 1. The van der Waals surface area contributed by atoms with Crippen molar-refractivity contribution in [1.82, 2.24) is 24.0 Å². The fourth-order valence-corrected chi connectivity index (χ4v) is 4.91. The molecule has 0 atom stereocenters. The van der Waals surface area contributed by atoms with Crippen molar-refractivity contribution in [2.75, 3.05) is 13.1 Å². The summed E-state index contributed by atoms with van der Waals surface area (Å²) in [7, 11) is 1.67. The summed E-state index contributed by atoms with van der Waals surface area (Å²) in [5.74, 6) is 0.473. The van der Waals surface area contributed by atoms with E-state index in [2.05, 4.69) is 26.4 Å². The van der Waals surface area contributed by atoms with Crippen LogP contribution in [-0.4, -0.2) is 43.0 Å². The monoisotopic (exact) mass is 488 g/mol. The first kappa shape index (κ1) is 23.4. The first-order valence-corrected chi connectivity index (χ1v) is 11.8. The smallest absolute Gasteiger partial charge is 0.419 e. The van der Waals surface area contributed by atoms with E-state index >= 15 is 0 Å². The van der Waals surface area contributed by atoms with Crippen molar-refractivity contribution < 1.29 is 9.15 Å². The SMILES string of the molecule is C=CN=C(/C=C(\C)N1CCC(n2c(=O)[nH]c3ncccc32)CC1)Oc1cc(C)c2c(c1)oc(=O)n2C. The van der Waals surface area contributed by atoms with Crippen LogP contribution in [0.2, 0.25) is 0 Å². The number of fused-ring (bicyclic) bond motifs is 2. The summed E-state index contributed by atoms with van der Waals surface area (Å²) in [6.45, 7) is 9.18. The van der Waals surface area contributed by atoms with Gasteiger partial charge in [0.1, 0.15) is 5.75 Å². The van der Waals surface area contributed by atoms with Gasteiger partial charge in [0, 0.05) is 56.4 Å². The van der Waals surface area contributed by atoms with Gasteiger partial charge in [-0.25, -0.2) is 19.6 Å². The molecule has 3 aromatic heterocycles. The Hall–Kier alpha value is -4.34. The fraction of sp³-hybridized carbons (Fsp3) is 0.308. The van der Waals surface area contributed by atoms with E-state index in [-0.39, 0.29) is 11.7 Å². The van der Waals surface area contributed by atoms with Gasteiger partial charge < -0.3 is 14.1 Å². The largest absolute Gasteiger partial charge is 0.439 e. The number of aliphatic imine (C=N–C) groups is 1. The zero-order valence-electron chi connectivity index (χ0n) is 20.5. The molecule has 0 saturated carbocycles. The zero-order valence-corrected chi connectivity index (χ0v) is 20.5. The third-order valence-electron chi connectivity index (χ3n) is 6.64. The van der Waals surface area contributed by atoms with E-state index in [4.69, 9.17) is 9.15 Å². The lowest BCUT2D eigenvalue weighted by molar-refractivity contribution is 0.229. The topological polar surface area (TPSA) is 111 Å². The number of nitrogens with zero attached hydrogens (tertiary/aromatic N) is 5. The lowest BCUT2D eigenvalue weighted by Crippen LogP contribution is -2.36. The summed E-state index contributed by atoms with van der Waals surface area (Å²) >= 11 is 0. The van der Waals surface area contributed by atoms with Gasteiger partial charge in [0.2, 0.25) is 5.90 Å². The Balaban J connectivity index is 1.32. The van der Waals surface area contributed by atoms with E-state index in [1.165, 1.54) is 10.8 Å². The van der Waals surface area contributed by atoms with Crippen LogP contribution in [0.1, 0.15) is 31.4 Å². The lowest BCUT2D eigenvalue weighted by Gasteiger charge is -2.34.